The van der Waals surface area contributed by atoms with E-state index < -0.39 is 11.6 Å². The fourth-order valence-electron chi connectivity index (χ4n) is 3.60. The number of halogens is 1. The van der Waals surface area contributed by atoms with Gasteiger partial charge in [-0.1, -0.05) is 11.6 Å². The molecule has 3 N–H and O–H groups in total. The molecule has 27 heavy (non-hydrogen) atoms. The third kappa shape index (κ3) is 3.17. The van der Waals surface area contributed by atoms with Crippen LogP contribution in [0.5, 0.6) is 11.5 Å². The number of carbonyl (C=O) groups excluding carboxylic acids is 1. The number of methoxy groups -OCH3 is 1. The molecular formula is C19H18ClN3O3S. The van der Waals surface area contributed by atoms with Crippen LogP contribution in [0.15, 0.2) is 42.5 Å². The van der Waals surface area contributed by atoms with Crippen molar-refractivity contribution in [3.63, 3.8) is 0 Å². The van der Waals surface area contributed by atoms with E-state index in [-0.39, 0.29) is 11.9 Å². The number of benzene rings is 2. The SMILES string of the molecule is COc1ccc2c(c1)[C@H]1NC(=S)N[C@](C)(O2)[C@H]1C(=O)Nc1ccc(Cl)cc1. The third-order valence-corrected chi connectivity index (χ3v) is 5.32. The summed E-state index contributed by atoms with van der Waals surface area (Å²) in [6.45, 7) is 1.83. The first-order valence-electron chi connectivity index (χ1n) is 8.42. The molecule has 0 saturated carbocycles. The highest BCUT2D eigenvalue weighted by molar-refractivity contribution is 7.80. The van der Waals surface area contributed by atoms with Gasteiger partial charge in [-0.2, -0.15) is 0 Å². The second-order valence-electron chi connectivity index (χ2n) is 6.66. The Hall–Kier alpha value is -2.51. The number of thiocarbonyl (C=S) groups is 1. The van der Waals surface area contributed by atoms with Gasteiger partial charge in [0, 0.05) is 16.3 Å². The predicted molar refractivity (Wildman–Crippen MR) is 107 cm³/mol. The van der Waals surface area contributed by atoms with E-state index in [0.29, 0.717) is 27.3 Å². The van der Waals surface area contributed by atoms with E-state index in [2.05, 4.69) is 16.0 Å². The molecule has 0 unspecified atom stereocenters. The van der Waals surface area contributed by atoms with Gasteiger partial charge in [0.2, 0.25) is 5.91 Å². The second-order valence-corrected chi connectivity index (χ2v) is 7.51. The Balaban J connectivity index is 1.71. The number of nitrogens with one attached hydrogen (secondary N) is 3. The summed E-state index contributed by atoms with van der Waals surface area (Å²) in [6.07, 6.45) is 0. The van der Waals surface area contributed by atoms with Crippen molar-refractivity contribution in [1.29, 1.82) is 0 Å². The Morgan fingerprint density at radius 2 is 2.04 bits per heavy atom. The van der Waals surface area contributed by atoms with Gasteiger partial charge >= 0.3 is 0 Å². The van der Waals surface area contributed by atoms with Gasteiger partial charge in [-0.3, -0.25) is 4.79 Å². The highest BCUT2D eigenvalue weighted by atomic mass is 35.5. The molecular weight excluding hydrogens is 386 g/mol. The molecule has 8 heteroatoms. The maximum absolute atomic E-state index is 13.2. The standard InChI is InChI=1S/C19H18ClN3O3S/c1-19-15(17(24)21-11-5-3-10(20)4-6-11)16(22-18(27)23-19)13-9-12(25-2)7-8-14(13)26-19/h3-9,15-16H,1-2H3,(H,21,24)(H2,22,23,27)/t15-,16-,19-/m1/s1. The van der Waals surface area contributed by atoms with Crippen molar-refractivity contribution in [1.82, 2.24) is 10.6 Å². The predicted octanol–water partition coefficient (Wildman–Crippen LogP) is 3.23. The maximum atomic E-state index is 13.2. The summed E-state index contributed by atoms with van der Waals surface area (Å²) in [5.74, 6) is 0.602. The third-order valence-electron chi connectivity index (χ3n) is 4.84. The number of ether oxygens (including phenoxy) is 2. The van der Waals surface area contributed by atoms with Crippen molar-refractivity contribution < 1.29 is 14.3 Å². The largest absolute Gasteiger partial charge is 0.497 e. The maximum Gasteiger partial charge on any atom is 0.236 e. The lowest BCUT2D eigenvalue weighted by molar-refractivity contribution is -0.132. The number of fused-ring (bicyclic) bond motifs is 4. The zero-order valence-corrected chi connectivity index (χ0v) is 16.3. The average Bonchev–Trinajstić information content (AvgIpc) is 2.62. The number of amides is 1. The van der Waals surface area contributed by atoms with E-state index >= 15 is 0 Å². The number of rotatable bonds is 3. The van der Waals surface area contributed by atoms with Crippen molar-refractivity contribution in [3.05, 3.63) is 53.1 Å². The van der Waals surface area contributed by atoms with Gasteiger partial charge in [0.25, 0.3) is 0 Å². The van der Waals surface area contributed by atoms with Crippen LogP contribution in [-0.2, 0) is 4.79 Å². The van der Waals surface area contributed by atoms with Gasteiger partial charge in [0.05, 0.1) is 13.2 Å². The van der Waals surface area contributed by atoms with Crippen LogP contribution in [0.4, 0.5) is 5.69 Å². The first-order valence-corrected chi connectivity index (χ1v) is 9.20. The highest BCUT2D eigenvalue weighted by Gasteiger charge is 2.54. The summed E-state index contributed by atoms with van der Waals surface area (Å²) >= 11 is 11.2. The first-order chi connectivity index (χ1) is 12.9. The van der Waals surface area contributed by atoms with Crippen molar-refractivity contribution >= 4 is 40.5 Å². The molecule has 2 bridgehead atoms. The molecule has 0 aromatic heterocycles. The number of anilines is 1. The average molecular weight is 404 g/mol. The molecule has 2 aromatic rings. The molecule has 1 saturated heterocycles. The van der Waals surface area contributed by atoms with Crippen LogP contribution in [0.2, 0.25) is 5.02 Å². The van der Waals surface area contributed by atoms with Crippen LogP contribution in [0.25, 0.3) is 0 Å². The zero-order valence-electron chi connectivity index (χ0n) is 14.7. The monoisotopic (exact) mass is 403 g/mol. The van der Waals surface area contributed by atoms with E-state index in [0.717, 1.165) is 5.56 Å². The lowest BCUT2D eigenvalue weighted by Gasteiger charge is -2.50. The van der Waals surface area contributed by atoms with Gasteiger partial charge in [-0.15, -0.1) is 0 Å². The zero-order chi connectivity index (χ0) is 19.2. The van der Waals surface area contributed by atoms with Crippen LogP contribution >= 0.6 is 23.8 Å². The van der Waals surface area contributed by atoms with Gasteiger partial charge in [0.1, 0.15) is 17.4 Å². The van der Waals surface area contributed by atoms with E-state index in [1.807, 2.05) is 25.1 Å². The normalized spacial score (nSPS) is 25.4. The van der Waals surface area contributed by atoms with Crippen LogP contribution in [-0.4, -0.2) is 23.9 Å². The first kappa shape index (κ1) is 17.9. The van der Waals surface area contributed by atoms with Gasteiger partial charge in [0.15, 0.2) is 10.8 Å². The van der Waals surface area contributed by atoms with Gasteiger partial charge < -0.3 is 25.4 Å². The Bertz CT molecular complexity index is 921. The second kappa shape index (κ2) is 6.58. The molecule has 0 radical (unpaired) electrons. The van der Waals surface area contributed by atoms with Crippen molar-refractivity contribution in [2.24, 2.45) is 5.92 Å². The highest BCUT2D eigenvalue weighted by Crippen LogP contribution is 2.46. The molecule has 2 aliphatic rings. The summed E-state index contributed by atoms with van der Waals surface area (Å²) in [4.78, 5) is 13.2. The summed E-state index contributed by atoms with van der Waals surface area (Å²) in [5, 5.41) is 10.3. The van der Waals surface area contributed by atoms with Crippen LogP contribution in [0.1, 0.15) is 18.5 Å². The Kier molecular flexibility index (Phi) is 4.36. The Morgan fingerprint density at radius 1 is 1.30 bits per heavy atom. The summed E-state index contributed by atoms with van der Waals surface area (Å²) in [6, 6.07) is 12.1. The number of hydrogen-bond acceptors (Lipinski definition) is 4. The van der Waals surface area contributed by atoms with E-state index in [9.17, 15) is 4.79 Å². The summed E-state index contributed by atoms with van der Waals surface area (Å²) in [7, 11) is 1.60. The number of carbonyl (C=O) groups is 1. The fraction of sp³-hybridized carbons (Fsp3) is 0.263. The molecule has 1 fully saturated rings. The van der Waals surface area contributed by atoms with Crippen LogP contribution < -0.4 is 25.4 Å². The minimum absolute atomic E-state index is 0.194. The molecule has 4 rings (SSSR count). The van der Waals surface area contributed by atoms with Crippen molar-refractivity contribution in [2.75, 3.05) is 12.4 Å². The van der Waals surface area contributed by atoms with Gasteiger partial charge in [-0.25, -0.2) is 0 Å². The smallest absolute Gasteiger partial charge is 0.236 e. The summed E-state index contributed by atoms with van der Waals surface area (Å²) < 4.78 is 11.5. The fourth-order valence-corrected chi connectivity index (χ4v) is 4.06. The van der Waals surface area contributed by atoms with E-state index in [4.69, 9.17) is 33.3 Å². The van der Waals surface area contributed by atoms with Gasteiger partial charge in [-0.05, 0) is 61.6 Å². The quantitative estimate of drug-likeness (QED) is 0.683. The van der Waals surface area contributed by atoms with Crippen molar-refractivity contribution in [3.8, 4) is 11.5 Å². The van der Waals surface area contributed by atoms with E-state index in [1.165, 1.54) is 0 Å². The lowest BCUT2D eigenvalue weighted by atomic mass is 9.80. The van der Waals surface area contributed by atoms with Crippen LogP contribution in [0, 0.1) is 5.92 Å². The Labute approximate surface area is 167 Å². The minimum atomic E-state index is -0.981. The van der Waals surface area contributed by atoms with E-state index in [1.54, 1.807) is 31.4 Å². The molecule has 1 amide bonds. The topological polar surface area (TPSA) is 71.6 Å². The van der Waals surface area contributed by atoms with Crippen LogP contribution in [0.3, 0.4) is 0 Å². The Morgan fingerprint density at radius 3 is 2.74 bits per heavy atom. The molecule has 3 atom stereocenters. The molecule has 0 aliphatic carbocycles. The minimum Gasteiger partial charge on any atom is -0.497 e. The summed E-state index contributed by atoms with van der Waals surface area (Å²) in [5.41, 5.74) is 0.502. The molecule has 140 valence electrons. The molecule has 2 aromatic carbocycles. The molecule has 0 spiro atoms. The molecule has 2 heterocycles. The molecule has 2 aliphatic heterocycles. The molecule has 6 nitrogen and oxygen atoms in total. The van der Waals surface area contributed by atoms with Crippen molar-refractivity contribution in [2.45, 2.75) is 18.7 Å². The lowest BCUT2D eigenvalue weighted by Crippen LogP contribution is -2.70. The number of hydrogen-bond donors (Lipinski definition) is 3.